The predicted molar refractivity (Wildman–Crippen MR) is 55.3 cm³/mol. The Hall–Kier alpha value is -1.36. The van der Waals surface area contributed by atoms with Crippen molar-refractivity contribution in [1.82, 2.24) is 5.32 Å². The third-order valence-electron chi connectivity index (χ3n) is 1.45. The molecule has 0 aliphatic rings. The van der Waals surface area contributed by atoms with E-state index in [-0.39, 0.29) is 18.5 Å². The van der Waals surface area contributed by atoms with Crippen LogP contribution in [0, 0.1) is 0 Å². The van der Waals surface area contributed by atoms with Gasteiger partial charge in [-0.25, -0.2) is 0 Å². The monoisotopic (exact) mass is 215 g/mol. The van der Waals surface area contributed by atoms with E-state index in [1.165, 1.54) is 6.92 Å². The number of ether oxygens (including phenoxy) is 2. The van der Waals surface area contributed by atoms with Crippen molar-refractivity contribution >= 4 is 11.9 Å². The van der Waals surface area contributed by atoms with E-state index in [0.717, 1.165) is 0 Å². The summed E-state index contributed by atoms with van der Waals surface area (Å²) in [4.78, 5) is 21.3. The molecule has 0 aliphatic carbocycles. The Bertz CT molecular complexity index is 238. The summed E-state index contributed by atoms with van der Waals surface area (Å²) >= 11 is 0. The summed E-state index contributed by atoms with van der Waals surface area (Å²) in [5.74, 6) is -0.507. The van der Waals surface area contributed by atoms with Gasteiger partial charge >= 0.3 is 5.97 Å². The second kappa shape index (κ2) is 7.99. The van der Waals surface area contributed by atoms with Crippen molar-refractivity contribution in [2.24, 2.45) is 0 Å². The Balaban J connectivity index is 3.22. The van der Waals surface area contributed by atoms with Crippen LogP contribution in [0.1, 0.15) is 13.8 Å². The van der Waals surface area contributed by atoms with Gasteiger partial charge < -0.3 is 14.8 Å². The normalized spacial score (nSPS) is 9.47. The van der Waals surface area contributed by atoms with Crippen molar-refractivity contribution < 1.29 is 19.1 Å². The molecule has 0 saturated carbocycles. The van der Waals surface area contributed by atoms with E-state index in [4.69, 9.17) is 4.74 Å². The van der Waals surface area contributed by atoms with Crippen molar-refractivity contribution in [3.63, 3.8) is 0 Å². The number of nitrogens with one attached hydrogen (secondary N) is 1. The molecule has 0 aliphatic heterocycles. The van der Waals surface area contributed by atoms with Crippen LogP contribution in [-0.4, -0.2) is 38.2 Å². The third kappa shape index (κ3) is 8.96. The molecule has 5 heteroatoms. The molecule has 0 bridgehead atoms. The number of hydrogen-bond donors (Lipinski definition) is 1. The van der Waals surface area contributed by atoms with Crippen LogP contribution < -0.4 is 5.32 Å². The molecule has 0 fully saturated rings. The lowest BCUT2D eigenvalue weighted by Gasteiger charge is -2.06. The van der Waals surface area contributed by atoms with Crippen LogP contribution in [0.3, 0.4) is 0 Å². The van der Waals surface area contributed by atoms with Gasteiger partial charge in [0.15, 0.2) is 0 Å². The highest BCUT2D eigenvalue weighted by molar-refractivity contribution is 5.91. The van der Waals surface area contributed by atoms with Crippen molar-refractivity contribution in [3.8, 4) is 0 Å². The van der Waals surface area contributed by atoms with E-state index in [2.05, 4.69) is 16.6 Å². The summed E-state index contributed by atoms with van der Waals surface area (Å²) in [6.45, 7) is 7.86. The first-order chi connectivity index (χ1) is 7.04. The average Bonchev–Trinajstić information content (AvgIpc) is 2.15. The largest absolute Gasteiger partial charge is 0.463 e. The van der Waals surface area contributed by atoms with Gasteiger partial charge in [-0.1, -0.05) is 6.58 Å². The van der Waals surface area contributed by atoms with Crippen LogP contribution in [-0.2, 0) is 19.1 Å². The van der Waals surface area contributed by atoms with Crippen LogP contribution in [0.2, 0.25) is 0 Å². The fourth-order valence-corrected chi connectivity index (χ4v) is 0.734. The first-order valence-electron chi connectivity index (χ1n) is 4.69. The average molecular weight is 215 g/mol. The van der Waals surface area contributed by atoms with Crippen LogP contribution in [0.25, 0.3) is 0 Å². The van der Waals surface area contributed by atoms with Gasteiger partial charge in [0.05, 0.1) is 13.2 Å². The van der Waals surface area contributed by atoms with E-state index >= 15 is 0 Å². The molecule has 0 heterocycles. The summed E-state index contributed by atoms with van der Waals surface area (Å²) in [5.41, 5.74) is 0.468. The maximum atomic E-state index is 11.0. The molecule has 0 aromatic carbocycles. The van der Waals surface area contributed by atoms with Gasteiger partial charge in [0.2, 0.25) is 5.91 Å². The lowest BCUT2D eigenvalue weighted by molar-refractivity contribution is -0.142. The molecule has 5 nitrogen and oxygen atoms in total. The van der Waals surface area contributed by atoms with E-state index in [9.17, 15) is 9.59 Å². The Morgan fingerprint density at radius 3 is 2.40 bits per heavy atom. The van der Waals surface area contributed by atoms with Crippen LogP contribution in [0.15, 0.2) is 12.2 Å². The Morgan fingerprint density at radius 2 is 1.87 bits per heavy atom. The van der Waals surface area contributed by atoms with Gasteiger partial charge in [0.1, 0.15) is 6.61 Å². The number of carbonyl (C=O) groups is 2. The second-order valence-corrected chi connectivity index (χ2v) is 2.99. The summed E-state index contributed by atoms with van der Waals surface area (Å²) in [6.07, 6.45) is 0. The maximum absolute atomic E-state index is 11.0. The van der Waals surface area contributed by atoms with Crippen molar-refractivity contribution in [2.45, 2.75) is 13.8 Å². The van der Waals surface area contributed by atoms with Gasteiger partial charge in [-0.05, 0) is 6.92 Å². The molecule has 15 heavy (non-hydrogen) atoms. The molecule has 1 N–H and O–H groups in total. The quantitative estimate of drug-likeness (QED) is 0.376. The standard InChI is InChI=1S/C10H17NO4/c1-8(2)10(13)11-4-5-14-6-7-15-9(3)12/h1,4-7H2,2-3H3,(H,11,13). The highest BCUT2D eigenvalue weighted by Gasteiger charge is 1.99. The van der Waals surface area contributed by atoms with Crippen molar-refractivity contribution in [2.75, 3.05) is 26.4 Å². The molecular formula is C10H17NO4. The molecule has 0 spiro atoms. The van der Waals surface area contributed by atoms with Gasteiger partial charge in [-0.2, -0.15) is 0 Å². The van der Waals surface area contributed by atoms with Crippen LogP contribution in [0.5, 0.6) is 0 Å². The molecule has 0 aromatic rings. The van der Waals surface area contributed by atoms with Gasteiger partial charge in [-0.3, -0.25) is 9.59 Å². The van der Waals surface area contributed by atoms with Crippen molar-refractivity contribution in [3.05, 3.63) is 12.2 Å². The molecule has 0 aromatic heterocycles. The SMILES string of the molecule is C=C(C)C(=O)NCCOCCOC(C)=O. The van der Waals surface area contributed by atoms with Crippen molar-refractivity contribution in [1.29, 1.82) is 0 Å². The summed E-state index contributed by atoms with van der Waals surface area (Å²) < 4.78 is 9.73. The topological polar surface area (TPSA) is 64.6 Å². The van der Waals surface area contributed by atoms with Gasteiger partial charge in [0.25, 0.3) is 0 Å². The van der Waals surface area contributed by atoms with E-state index in [0.29, 0.717) is 25.3 Å². The highest BCUT2D eigenvalue weighted by atomic mass is 16.6. The number of esters is 1. The summed E-state index contributed by atoms with van der Waals surface area (Å²) in [6, 6.07) is 0. The fourth-order valence-electron chi connectivity index (χ4n) is 0.734. The number of amides is 1. The highest BCUT2D eigenvalue weighted by Crippen LogP contribution is 1.85. The number of carbonyl (C=O) groups excluding carboxylic acids is 2. The zero-order valence-electron chi connectivity index (χ0n) is 9.17. The van der Waals surface area contributed by atoms with E-state index < -0.39 is 0 Å². The molecule has 0 saturated heterocycles. The molecule has 86 valence electrons. The van der Waals surface area contributed by atoms with Gasteiger partial charge in [0, 0.05) is 19.0 Å². The number of rotatable bonds is 7. The van der Waals surface area contributed by atoms with Crippen LogP contribution in [0.4, 0.5) is 0 Å². The zero-order chi connectivity index (χ0) is 11.7. The number of hydrogen-bond acceptors (Lipinski definition) is 4. The zero-order valence-corrected chi connectivity index (χ0v) is 9.17. The van der Waals surface area contributed by atoms with Crippen LogP contribution >= 0.6 is 0 Å². The summed E-state index contributed by atoms with van der Waals surface area (Å²) in [5, 5.41) is 2.61. The van der Waals surface area contributed by atoms with E-state index in [1.807, 2.05) is 0 Å². The van der Waals surface area contributed by atoms with E-state index in [1.54, 1.807) is 6.92 Å². The smallest absolute Gasteiger partial charge is 0.302 e. The summed E-state index contributed by atoms with van der Waals surface area (Å²) in [7, 11) is 0. The lowest BCUT2D eigenvalue weighted by Crippen LogP contribution is -2.27. The third-order valence-corrected chi connectivity index (χ3v) is 1.45. The maximum Gasteiger partial charge on any atom is 0.302 e. The minimum absolute atomic E-state index is 0.182. The Morgan fingerprint density at radius 1 is 1.20 bits per heavy atom. The first-order valence-corrected chi connectivity index (χ1v) is 4.69. The molecule has 0 unspecified atom stereocenters. The lowest BCUT2D eigenvalue weighted by atomic mass is 10.3. The molecule has 0 radical (unpaired) electrons. The molecule has 0 atom stereocenters. The molecule has 1 amide bonds. The predicted octanol–water partition coefficient (Wildman–Crippen LogP) is 0.258. The second-order valence-electron chi connectivity index (χ2n) is 2.99. The Kier molecular flexibility index (Phi) is 7.27. The van der Waals surface area contributed by atoms with Gasteiger partial charge in [-0.15, -0.1) is 0 Å². The minimum Gasteiger partial charge on any atom is -0.463 e. The minimum atomic E-state index is -0.325. The molecule has 0 rings (SSSR count). The first kappa shape index (κ1) is 13.6. The molecular weight excluding hydrogens is 198 g/mol. The fraction of sp³-hybridized carbons (Fsp3) is 0.600. The Labute approximate surface area is 89.4 Å².